The summed E-state index contributed by atoms with van der Waals surface area (Å²) in [7, 11) is 1.88. The SMILES string of the molecule is CNCc1ccc(C(N)=CC(=O)c2cncc(-c3ccc(=O)n(CC4CCCO4)c3)n2)cc1. The maximum Gasteiger partial charge on any atom is 0.250 e. The van der Waals surface area contributed by atoms with Gasteiger partial charge in [0.15, 0.2) is 0 Å². The monoisotopic (exact) mass is 445 g/mol. The van der Waals surface area contributed by atoms with Gasteiger partial charge in [0.05, 0.1) is 30.7 Å². The zero-order valence-electron chi connectivity index (χ0n) is 18.5. The first-order valence-corrected chi connectivity index (χ1v) is 10.9. The van der Waals surface area contributed by atoms with Gasteiger partial charge in [0.25, 0.3) is 5.56 Å². The number of nitrogens with one attached hydrogen (secondary N) is 1. The predicted molar refractivity (Wildman–Crippen MR) is 126 cm³/mol. The van der Waals surface area contributed by atoms with E-state index in [1.54, 1.807) is 23.0 Å². The molecule has 3 heterocycles. The van der Waals surface area contributed by atoms with Crippen LogP contribution in [0.2, 0.25) is 0 Å². The van der Waals surface area contributed by atoms with Crippen molar-refractivity contribution in [2.75, 3.05) is 13.7 Å². The van der Waals surface area contributed by atoms with Crippen LogP contribution in [0.4, 0.5) is 0 Å². The first-order chi connectivity index (χ1) is 16.0. The highest BCUT2D eigenvalue weighted by atomic mass is 16.5. The number of hydrogen-bond donors (Lipinski definition) is 2. The van der Waals surface area contributed by atoms with Crippen molar-refractivity contribution in [1.29, 1.82) is 0 Å². The van der Waals surface area contributed by atoms with Crippen molar-refractivity contribution in [2.45, 2.75) is 32.0 Å². The molecule has 170 valence electrons. The smallest absolute Gasteiger partial charge is 0.250 e. The van der Waals surface area contributed by atoms with Crippen molar-refractivity contribution >= 4 is 11.5 Å². The average molecular weight is 446 g/mol. The molecule has 1 unspecified atom stereocenters. The normalized spacial score (nSPS) is 16.2. The summed E-state index contributed by atoms with van der Waals surface area (Å²) in [6.45, 7) is 1.97. The second-order valence-corrected chi connectivity index (χ2v) is 8.02. The van der Waals surface area contributed by atoms with Crippen LogP contribution in [0.1, 0.15) is 34.5 Å². The summed E-state index contributed by atoms with van der Waals surface area (Å²) >= 11 is 0. The fourth-order valence-corrected chi connectivity index (χ4v) is 3.77. The predicted octanol–water partition coefficient (Wildman–Crippen LogP) is 2.39. The third-order valence-electron chi connectivity index (χ3n) is 5.55. The van der Waals surface area contributed by atoms with Gasteiger partial charge >= 0.3 is 0 Å². The van der Waals surface area contributed by atoms with Crippen LogP contribution in [0.5, 0.6) is 0 Å². The van der Waals surface area contributed by atoms with Gasteiger partial charge in [-0.15, -0.1) is 0 Å². The highest BCUT2D eigenvalue weighted by molar-refractivity contribution is 6.07. The molecule has 4 rings (SSSR count). The van der Waals surface area contributed by atoms with Crippen molar-refractivity contribution in [3.8, 4) is 11.3 Å². The number of carbonyl (C=O) groups is 1. The van der Waals surface area contributed by atoms with E-state index < -0.39 is 0 Å². The van der Waals surface area contributed by atoms with E-state index in [-0.39, 0.29) is 23.1 Å². The molecule has 0 aliphatic carbocycles. The van der Waals surface area contributed by atoms with E-state index in [1.807, 2.05) is 31.3 Å². The van der Waals surface area contributed by atoms with Crippen molar-refractivity contribution < 1.29 is 9.53 Å². The van der Waals surface area contributed by atoms with Crippen molar-refractivity contribution in [3.63, 3.8) is 0 Å². The Morgan fingerprint density at radius 1 is 1.24 bits per heavy atom. The number of nitrogens with two attached hydrogens (primary N) is 1. The largest absolute Gasteiger partial charge is 0.398 e. The minimum Gasteiger partial charge on any atom is -0.398 e. The summed E-state index contributed by atoms with van der Waals surface area (Å²) in [6, 6.07) is 10.9. The second-order valence-electron chi connectivity index (χ2n) is 8.02. The summed E-state index contributed by atoms with van der Waals surface area (Å²) in [4.78, 5) is 33.7. The number of allylic oxidation sites excluding steroid dienone is 1. The van der Waals surface area contributed by atoms with Gasteiger partial charge in [-0.1, -0.05) is 24.3 Å². The van der Waals surface area contributed by atoms with E-state index in [0.717, 1.165) is 37.1 Å². The Kier molecular flexibility index (Phi) is 7.07. The number of rotatable bonds is 8. The van der Waals surface area contributed by atoms with Gasteiger partial charge in [-0.3, -0.25) is 14.6 Å². The first-order valence-electron chi connectivity index (χ1n) is 10.9. The fourth-order valence-electron chi connectivity index (χ4n) is 3.77. The molecule has 8 heteroatoms. The Labute approximate surface area is 192 Å². The van der Waals surface area contributed by atoms with Gasteiger partial charge in [-0.2, -0.15) is 0 Å². The Morgan fingerprint density at radius 2 is 2.06 bits per heavy atom. The number of ketones is 1. The lowest BCUT2D eigenvalue weighted by molar-refractivity contribution is 0.0962. The number of benzene rings is 1. The van der Waals surface area contributed by atoms with E-state index in [4.69, 9.17) is 10.5 Å². The molecule has 1 atom stereocenters. The highest BCUT2D eigenvalue weighted by Crippen LogP contribution is 2.18. The lowest BCUT2D eigenvalue weighted by Crippen LogP contribution is -2.25. The Morgan fingerprint density at radius 3 is 2.79 bits per heavy atom. The highest BCUT2D eigenvalue weighted by Gasteiger charge is 2.17. The average Bonchev–Trinajstić information content (AvgIpc) is 3.34. The molecular formula is C25H27N5O3. The van der Waals surface area contributed by atoms with E-state index in [0.29, 0.717) is 23.5 Å². The van der Waals surface area contributed by atoms with Crippen molar-refractivity contribution in [3.05, 3.63) is 88.2 Å². The summed E-state index contributed by atoms with van der Waals surface area (Å²) in [5.41, 5.74) is 9.66. The summed E-state index contributed by atoms with van der Waals surface area (Å²) in [5.74, 6) is -0.339. The first kappa shape index (κ1) is 22.6. The number of carbonyl (C=O) groups excluding carboxylic acids is 1. The lowest BCUT2D eigenvalue weighted by Gasteiger charge is -2.13. The van der Waals surface area contributed by atoms with Gasteiger partial charge in [0.2, 0.25) is 5.78 Å². The van der Waals surface area contributed by atoms with Gasteiger partial charge < -0.3 is 20.4 Å². The molecule has 0 amide bonds. The van der Waals surface area contributed by atoms with Crippen LogP contribution in [-0.2, 0) is 17.8 Å². The van der Waals surface area contributed by atoms with Gasteiger partial charge in [0, 0.05) is 42.8 Å². The standard InChI is InChI=1S/C25H27N5O3/c1-27-12-17-4-6-18(7-5-17)21(26)11-24(31)23-14-28-13-22(29-23)19-8-9-25(32)30(15-19)16-20-3-2-10-33-20/h4-9,11,13-15,20,27H,2-3,10,12,16,26H2,1H3. The third kappa shape index (κ3) is 5.60. The van der Waals surface area contributed by atoms with Gasteiger partial charge in [-0.25, -0.2) is 4.98 Å². The molecular weight excluding hydrogens is 418 g/mol. The Balaban J connectivity index is 1.54. The maximum atomic E-state index is 12.8. The third-order valence-corrected chi connectivity index (χ3v) is 5.55. The Bertz CT molecular complexity index is 1210. The van der Waals surface area contributed by atoms with Crippen molar-refractivity contribution in [1.82, 2.24) is 19.9 Å². The molecule has 1 aromatic carbocycles. The minimum absolute atomic E-state index is 0.0392. The van der Waals surface area contributed by atoms with Crippen molar-refractivity contribution in [2.24, 2.45) is 5.73 Å². The zero-order valence-corrected chi connectivity index (χ0v) is 18.5. The quantitative estimate of drug-likeness (QED) is 0.404. The second kappa shape index (κ2) is 10.3. The number of ether oxygens (including phenoxy) is 1. The molecule has 1 saturated heterocycles. The number of aromatic nitrogens is 3. The molecule has 0 spiro atoms. The van der Waals surface area contributed by atoms with Crippen LogP contribution in [-0.4, -0.2) is 40.1 Å². The fraction of sp³-hybridized carbons (Fsp3) is 0.280. The van der Waals surface area contributed by atoms with Crippen LogP contribution in [0.3, 0.4) is 0 Å². The van der Waals surface area contributed by atoms with Crippen LogP contribution in [0, 0.1) is 0 Å². The maximum absolute atomic E-state index is 12.8. The Hall–Kier alpha value is -3.62. The number of hydrogen-bond acceptors (Lipinski definition) is 7. The van der Waals surface area contributed by atoms with Gasteiger partial charge in [-0.05, 0) is 37.1 Å². The number of nitrogens with zero attached hydrogens (tertiary/aromatic N) is 3. The molecule has 1 aliphatic rings. The molecule has 1 aliphatic heterocycles. The minimum atomic E-state index is -0.339. The van der Waals surface area contributed by atoms with E-state index in [1.165, 1.54) is 18.3 Å². The zero-order chi connectivity index (χ0) is 23.2. The van der Waals surface area contributed by atoms with Crippen LogP contribution >= 0.6 is 0 Å². The van der Waals surface area contributed by atoms with E-state index >= 15 is 0 Å². The van der Waals surface area contributed by atoms with Crippen LogP contribution < -0.4 is 16.6 Å². The summed E-state index contributed by atoms with van der Waals surface area (Å²) < 4.78 is 7.27. The molecule has 0 radical (unpaired) electrons. The molecule has 3 N–H and O–H groups in total. The molecule has 0 bridgehead atoms. The molecule has 33 heavy (non-hydrogen) atoms. The molecule has 8 nitrogen and oxygen atoms in total. The van der Waals surface area contributed by atoms with E-state index in [2.05, 4.69) is 15.3 Å². The van der Waals surface area contributed by atoms with Gasteiger partial charge in [0.1, 0.15) is 5.69 Å². The summed E-state index contributed by atoms with van der Waals surface area (Å²) in [5, 5.41) is 3.09. The number of pyridine rings is 1. The van der Waals surface area contributed by atoms with E-state index in [9.17, 15) is 9.59 Å². The van der Waals surface area contributed by atoms with Crippen LogP contribution in [0.25, 0.3) is 17.0 Å². The molecule has 2 aromatic heterocycles. The molecule has 1 fully saturated rings. The van der Waals surface area contributed by atoms with Crippen LogP contribution in [0.15, 0.2) is 65.9 Å². The summed E-state index contributed by atoms with van der Waals surface area (Å²) in [6.07, 6.45) is 8.06. The molecule has 0 saturated carbocycles. The topological polar surface area (TPSA) is 112 Å². The molecule has 3 aromatic rings. The lowest BCUT2D eigenvalue weighted by atomic mass is 10.1.